The summed E-state index contributed by atoms with van der Waals surface area (Å²) in [6, 6.07) is 7.75. The average molecular weight is 324 g/mol. The van der Waals surface area contributed by atoms with Gasteiger partial charge in [-0.1, -0.05) is 30.3 Å². The van der Waals surface area contributed by atoms with Gasteiger partial charge in [0.2, 0.25) is 0 Å². The van der Waals surface area contributed by atoms with Gasteiger partial charge in [0.15, 0.2) is 0 Å². The van der Waals surface area contributed by atoms with E-state index in [-0.39, 0.29) is 6.42 Å². The van der Waals surface area contributed by atoms with Crippen LogP contribution in [0.15, 0.2) is 30.3 Å². The number of hydrogen-bond acceptors (Lipinski definition) is 4. The standard InChI is InChI=1S/C16H24N2O5/c1-22-10-8-18(9-11-23-2)16(21)17-14(15(19)20)12-13-6-4-3-5-7-13/h3-7,14H,8-12H2,1-2H3,(H,17,21)(H,19,20)/t14-/m0/s1. The van der Waals surface area contributed by atoms with Gasteiger partial charge in [0, 0.05) is 33.7 Å². The molecule has 7 nitrogen and oxygen atoms in total. The van der Waals surface area contributed by atoms with Crippen LogP contribution >= 0.6 is 0 Å². The molecule has 0 aliphatic rings. The van der Waals surface area contributed by atoms with Crippen molar-refractivity contribution in [3.63, 3.8) is 0 Å². The molecule has 0 heterocycles. The zero-order chi connectivity index (χ0) is 17.1. The number of carboxylic acid groups (broad SMARTS) is 1. The number of urea groups is 1. The van der Waals surface area contributed by atoms with Gasteiger partial charge in [-0.15, -0.1) is 0 Å². The maximum absolute atomic E-state index is 12.3. The molecule has 1 rings (SSSR count). The first kappa shape index (κ1) is 18.9. The van der Waals surface area contributed by atoms with E-state index in [4.69, 9.17) is 9.47 Å². The molecule has 0 radical (unpaired) electrons. The molecule has 23 heavy (non-hydrogen) atoms. The van der Waals surface area contributed by atoms with Gasteiger partial charge in [0.1, 0.15) is 6.04 Å². The largest absolute Gasteiger partial charge is 0.480 e. The Morgan fingerprint density at radius 3 is 2.17 bits per heavy atom. The number of rotatable bonds is 10. The minimum atomic E-state index is -1.07. The van der Waals surface area contributed by atoms with E-state index in [1.165, 1.54) is 4.90 Å². The Hall–Kier alpha value is -2.12. The minimum absolute atomic E-state index is 0.226. The highest BCUT2D eigenvalue weighted by Gasteiger charge is 2.23. The number of methoxy groups -OCH3 is 2. The highest BCUT2D eigenvalue weighted by Crippen LogP contribution is 2.04. The van der Waals surface area contributed by atoms with Crippen LogP contribution in [-0.2, 0) is 20.7 Å². The summed E-state index contributed by atoms with van der Waals surface area (Å²) >= 11 is 0. The van der Waals surface area contributed by atoms with Crippen LogP contribution in [0.2, 0.25) is 0 Å². The normalized spacial score (nSPS) is 11.7. The number of carboxylic acids is 1. The van der Waals surface area contributed by atoms with E-state index in [2.05, 4.69) is 5.32 Å². The van der Waals surface area contributed by atoms with Crippen molar-refractivity contribution in [2.75, 3.05) is 40.5 Å². The number of nitrogens with one attached hydrogen (secondary N) is 1. The van der Waals surface area contributed by atoms with Crippen molar-refractivity contribution in [3.05, 3.63) is 35.9 Å². The van der Waals surface area contributed by atoms with Crippen molar-refractivity contribution in [1.29, 1.82) is 0 Å². The first-order chi connectivity index (χ1) is 11.1. The SMILES string of the molecule is COCCN(CCOC)C(=O)N[C@@H](Cc1ccccc1)C(=O)O. The average Bonchev–Trinajstić information content (AvgIpc) is 2.55. The number of benzene rings is 1. The molecule has 1 aromatic rings. The van der Waals surface area contributed by atoms with E-state index in [0.717, 1.165) is 5.56 Å². The summed E-state index contributed by atoms with van der Waals surface area (Å²) in [6.07, 6.45) is 0.226. The second-order valence-electron chi connectivity index (χ2n) is 5.00. The lowest BCUT2D eigenvalue weighted by Crippen LogP contribution is -2.50. The van der Waals surface area contributed by atoms with Crippen LogP contribution in [0.1, 0.15) is 5.56 Å². The van der Waals surface area contributed by atoms with Crippen LogP contribution in [0.3, 0.4) is 0 Å². The lowest BCUT2D eigenvalue weighted by atomic mass is 10.1. The molecule has 1 atom stereocenters. The molecule has 128 valence electrons. The van der Waals surface area contributed by atoms with Gasteiger partial charge in [0.05, 0.1) is 13.2 Å². The molecule has 0 saturated carbocycles. The number of amides is 2. The van der Waals surface area contributed by atoms with Gasteiger partial charge in [-0.2, -0.15) is 0 Å². The maximum atomic E-state index is 12.3. The highest BCUT2D eigenvalue weighted by atomic mass is 16.5. The summed E-state index contributed by atoms with van der Waals surface area (Å²) in [5.74, 6) is -1.07. The topological polar surface area (TPSA) is 88.1 Å². The fraction of sp³-hybridized carbons (Fsp3) is 0.500. The molecule has 0 aliphatic heterocycles. The van der Waals surface area contributed by atoms with Crippen LogP contribution in [-0.4, -0.2) is 68.6 Å². The minimum Gasteiger partial charge on any atom is -0.480 e. The maximum Gasteiger partial charge on any atom is 0.326 e. The molecule has 2 amide bonds. The summed E-state index contributed by atoms with van der Waals surface area (Å²) in [5, 5.41) is 11.9. The van der Waals surface area contributed by atoms with Crippen molar-refractivity contribution < 1.29 is 24.2 Å². The molecule has 2 N–H and O–H groups in total. The number of nitrogens with zero attached hydrogens (tertiary/aromatic N) is 1. The van der Waals surface area contributed by atoms with Crippen LogP contribution in [0.5, 0.6) is 0 Å². The van der Waals surface area contributed by atoms with Gasteiger partial charge in [-0.3, -0.25) is 0 Å². The molecule has 0 unspecified atom stereocenters. The van der Waals surface area contributed by atoms with E-state index >= 15 is 0 Å². The number of hydrogen-bond donors (Lipinski definition) is 2. The molecule has 0 fully saturated rings. The lowest BCUT2D eigenvalue weighted by molar-refractivity contribution is -0.139. The third kappa shape index (κ3) is 7.12. The fourth-order valence-corrected chi connectivity index (χ4v) is 2.01. The molecule has 7 heteroatoms. The zero-order valence-electron chi connectivity index (χ0n) is 13.5. The van der Waals surface area contributed by atoms with E-state index in [9.17, 15) is 14.7 Å². The van der Waals surface area contributed by atoms with E-state index in [1.54, 1.807) is 14.2 Å². The van der Waals surface area contributed by atoms with E-state index < -0.39 is 18.0 Å². The zero-order valence-corrected chi connectivity index (χ0v) is 13.5. The second kappa shape index (κ2) is 10.6. The van der Waals surface area contributed by atoms with Crippen molar-refractivity contribution in [2.45, 2.75) is 12.5 Å². The van der Waals surface area contributed by atoms with E-state index in [0.29, 0.717) is 26.3 Å². The molecule has 0 saturated heterocycles. The Labute approximate surface area is 136 Å². The van der Waals surface area contributed by atoms with Gasteiger partial charge in [-0.05, 0) is 5.56 Å². The Bertz CT molecular complexity index is 473. The summed E-state index contributed by atoms with van der Waals surface area (Å²) in [7, 11) is 3.09. The van der Waals surface area contributed by atoms with Crippen LogP contribution in [0, 0.1) is 0 Å². The van der Waals surface area contributed by atoms with Gasteiger partial charge in [0.25, 0.3) is 0 Å². The smallest absolute Gasteiger partial charge is 0.326 e. The van der Waals surface area contributed by atoms with Crippen molar-refractivity contribution in [2.24, 2.45) is 0 Å². The molecule has 0 aliphatic carbocycles. The summed E-state index contributed by atoms with van der Waals surface area (Å²) in [4.78, 5) is 25.2. The van der Waals surface area contributed by atoms with Crippen LogP contribution < -0.4 is 5.32 Å². The lowest BCUT2D eigenvalue weighted by Gasteiger charge is -2.24. The molecule has 0 aromatic heterocycles. The van der Waals surface area contributed by atoms with Crippen LogP contribution in [0.4, 0.5) is 4.79 Å². The predicted octanol–water partition coefficient (Wildman–Crippen LogP) is 0.987. The third-order valence-corrected chi connectivity index (χ3v) is 3.30. The Balaban J connectivity index is 2.68. The first-order valence-electron chi connectivity index (χ1n) is 7.38. The van der Waals surface area contributed by atoms with Crippen molar-refractivity contribution >= 4 is 12.0 Å². The second-order valence-corrected chi connectivity index (χ2v) is 5.00. The number of carbonyl (C=O) groups is 2. The number of carbonyl (C=O) groups excluding carboxylic acids is 1. The number of aliphatic carboxylic acids is 1. The van der Waals surface area contributed by atoms with Crippen LogP contribution in [0.25, 0.3) is 0 Å². The van der Waals surface area contributed by atoms with Gasteiger partial charge in [-0.25, -0.2) is 9.59 Å². The van der Waals surface area contributed by atoms with Crippen molar-refractivity contribution in [1.82, 2.24) is 10.2 Å². The molecular weight excluding hydrogens is 300 g/mol. The molecule has 0 bridgehead atoms. The monoisotopic (exact) mass is 324 g/mol. The Morgan fingerprint density at radius 2 is 1.70 bits per heavy atom. The van der Waals surface area contributed by atoms with Crippen molar-refractivity contribution in [3.8, 4) is 0 Å². The molecular formula is C16H24N2O5. The molecule has 1 aromatic carbocycles. The van der Waals surface area contributed by atoms with Gasteiger partial charge >= 0.3 is 12.0 Å². The molecule has 0 spiro atoms. The van der Waals surface area contributed by atoms with E-state index in [1.807, 2.05) is 30.3 Å². The predicted molar refractivity (Wildman–Crippen MR) is 85.4 cm³/mol. The summed E-state index contributed by atoms with van der Waals surface area (Å²) in [5.41, 5.74) is 0.848. The van der Waals surface area contributed by atoms with Gasteiger partial charge < -0.3 is 24.8 Å². The Kier molecular flexibility index (Phi) is 8.71. The number of ether oxygens (including phenoxy) is 2. The fourth-order valence-electron chi connectivity index (χ4n) is 2.01. The first-order valence-corrected chi connectivity index (χ1v) is 7.38. The quantitative estimate of drug-likeness (QED) is 0.670. The summed E-state index contributed by atoms with van der Waals surface area (Å²) < 4.78 is 9.94. The highest BCUT2D eigenvalue weighted by molar-refractivity contribution is 5.82. The Morgan fingerprint density at radius 1 is 1.13 bits per heavy atom. The summed E-state index contributed by atoms with van der Waals surface area (Å²) in [6.45, 7) is 1.47. The third-order valence-electron chi connectivity index (χ3n) is 3.30.